The van der Waals surface area contributed by atoms with Gasteiger partial charge in [-0.2, -0.15) is 0 Å². The maximum atomic E-state index is 11.7. The second-order valence-corrected chi connectivity index (χ2v) is 5.54. The number of thiophene rings is 1. The molecule has 0 saturated carbocycles. The molecular formula is C15H20N2O2S. The number of anilines is 1. The molecule has 0 radical (unpaired) electrons. The fraction of sp³-hybridized carbons (Fsp3) is 0.400. The Bertz CT molecular complexity index is 578. The molecule has 0 aliphatic rings. The normalized spacial score (nSPS) is 12.3. The number of hydrogen-bond acceptors (Lipinski definition) is 4. The second kappa shape index (κ2) is 7.26. The van der Waals surface area contributed by atoms with E-state index in [1.54, 1.807) is 29.1 Å². The van der Waals surface area contributed by atoms with E-state index >= 15 is 0 Å². The fourth-order valence-corrected chi connectivity index (χ4v) is 2.91. The molecular weight excluding hydrogens is 272 g/mol. The third kappa shape index (κ3) is 3.71. The fourth-order valence-electron chi connectivity index (χ4n) is 2.05. The minimum Gasteiger partial charge on any atom is -0.383 e. The number of nitrogens with zero attached hydrogens (tertiary/aromatic N) is 1. The van der Waals surface area contributed by atoms with E-state index < -0.39 is 0 Å². The standard InChI is InChI=1S/C15H20N2O2S/c1-3-13(14-5-4-10-20-14)16-12-6-7-15(18)17(11-12)8-9-19-2/h4-7,10-11,13,16H,3,8-9H2,1-2H3. The summed E-state index contributed by atoms with van der Waals surface area (Å²) in [6.07, 6.45) is 2.86. The van der Waals surface area contributed by atoms with E-state index in [1.165, 1.54) is 4.88 Å². The van der Waals surface area contributed by atoms with Gasteiger partial charge in [0, 0.05) is 30.8 Å². The van der Waals surface area contributed by atoms with Crippen LogP contribution in [0, 0.1) is 0 Å². The topological polar surface area (TPSA) is 43.3 Å². The SMILES string of the molecule is CCC(Nc1ccc(=O)n(CCOC)c1)c1cccs1. The Morgan fingerprint density at radius 1 is 1.40 bits per heavy atom. The van der Waals surface area contributed by atoms with Crippen LogP contribution in [0.25, 0.3) is 0 Å². The van der Waals surface area contributed by atoms with Crippen molar-refractivity contribution in [3.8, 4) is 0 Å². The van der Waals surface area contributed by atoms with Gasteiger partial charge in [-0.15, -0.1) is 11.3 Å². The van der Waals surface area contributed by atoms with Crippen molar-refractivity contribution in [2.24, 2.45) is 0 Å². The van der Waals surface area contributed by atoms with Crippen LogP contribution in [0.3, 0.4) is 0 Å². The summed E-state index contributed by atoms with van der Waals surface area (Å²) in [6, 6.07) is 7.90. The van der Waals surface area contributed by atoms with Gasteiger partial charge in [0.15, 0.2) is 0 Å². The van der Waals surface area contributed by atoms with Gasteiger partial charge < -0.3 is 14.6 Å². The molecule has 0 aliphatic heterocycles. The molecule has 0 fully saturated rings. The Labute approximate surface area is 123 Å². The lowest BCUT2D eigenvalue weighted by Crippen LogP contribution is -2.21. The van der Waals surface area contributed by atoms with E-state index in [1.807, 2.05) is 12.3 Å². The molecule has 2 aromatic rings. The molecule has 2 aromatic heterocycles. The van der Waals surface area contributed by atoms with Crippen molar-refractivity contribution < 1.29 is 4.74 Å². The van der Waals surface area contributed by atoms with E-state index in [2.05, 4.69) is 29.8 Å². The highest BCUT2D eigenvalue weighted by atomic mass is 32.1. The Balaban J connectivity index is 2.14. The molecule has 0 bridgehead atoms. The van der Waals surface area contributed by atoms with Gasteiger partial charge >= 0.3 is 0 Å². The minimum absolute atomic E-state index is 0.00299. The molecule has 0 saturated heterocycles. The third-order valence-corrected chi connectivity index (χ3v) is 4.14. The lowest BCUT2D eigenvalue weighted by Gasteiger charge is -2.17. The second-order valence-electron chi connectivity index (χ2n) is 4.56. The minimum atomic E-state index is -0.00299. The lowest BCUT2D eigenvalue weighted by atomic mass is 10.2. The molecule has 108 valence electrons. The quantitative estimate of drug-likeness (QED) is 0.852. The van der Waals surface area contributed by atoms with E-state index in [4.69, 9.17) is 4.74 Å². The zero-order chi connectivity index (χ0) is 14.4. The maximum Gasteiger partial charge on any atom is 0.250 e. The Morgan fingerprint density at radius 3 is 2.90 bits per heavy atom. The largest absolute Gasteiger partial charge is 0.383 e. The van der Waals surface area contributed by atoms with Gasteiger partial charge in [-0.3, -0.25) is 4.79 Å². The van der Waals surface area contributed by atoms with Gasteiger partial charge in [0.2, 0.25) is 0 Å². The first-order valence-corrected chi connectivity index (χ1v) is 7.62. The molecule has 0 aromatic carbocycles. The predicted molar refractivity (Wildman–Crippen MR) is 83.6 cm³/mol. The van der Waals surface area contributed by atoms with Crippen molar-refractivity contribution in [3.05, 3.63) is 51.1 Å². The van der Waals surface area contributed by atoms with Gasteiger partial charge in [-0.05, 0) is 23.9 Å². The van der Waals surface area contributed by atoms with Crippen molar-refractivity contribution in [1.29, 1.82) is 0 Å². The van der Waals surface area contributed by atoms with Gasteiger partial charge in [-0.25, -0.2) is 0 Å². The number of aromatic nitrogens is 1. The van der Waals surface area contributed by atoms with Gasteiger partial charge in [0.25, 0.3) is 5.56 Å². The highest BCUT2D eigenvalue weighted by molar-refractivity contribution is 7.10. The Kier molecular flexibility index (Phi) is 5.38. The first-order chi connectivity index (χ1) is 9.74. The molecule has 5 heteroatoms. The number of hydrogen-bond donors (Lipinski definition) is 1. The van der Waals surface area contributed by atoms with Crippen molar-refractivity contribution in [1.82, 2.24) is 4.57 Å². The number of nitrogens with one attached hydrogen (secondary N) is 1. The Morgan fingerprint density at radius 2 is 2.25 bits per heavy atom. The van der Waals surface area contributed by atoms with Gasteiger partial charge in [-0.1, -0.05) is 13.0 Å². The van der Waals surface area contributed by atoms with Crippen LogP contribution in [0.5, 0.6) is 0 Å². The highest BCUT2D eigenvalue weighted by Gasteiger charge is 2.10. The van der Waals surface area contributed by atoms with E-state index in [0.29, 0.717) is 13.2 Å². The average Bonchev–Trinajstić information content (AvgIpc) is 2.99. The molecule has 0 spiro atoms. The summed E-state index contributed by atoms with van der Waals surface area (Å²) < 4.78 is 6.70. The maximum absolute atomic E-state index is 11.7. The van der Waals surface area contributed by atoms with Crippen LogP contribution >= 0.6 is 11.3 Å². The number of ether oxygens (including phenoxy) is 1. The molecule has 2 rings (SSSR count). The average molecular weight is 292 g/mol. The Hall–Kier alpha value is -1.59. The number of rotatable bonds is 7. The molecule has 1 N–H and O–H groups in total. The summed E-state index contributed by atoms with van der Waals surface area (Å²) in [5, 5.41) is 5.57. The number of pyridine rings is 1. The van der Waals surface area contributed by atoms with Gasteiger partial charge in [0.1, 0.15) is 0 Å². The summed E-state index contributed by atoms with van der Waals surface area (Å²) in [5.41, 5.74) is 0.956. The third-order valence-electron chi connectivity index (χ3n) is 3.16. The van der Waals surface area contributed by atoms with Gasteiger partial charge in [0.05, 0.1) is 18.3 Å². The molecule has 2 heterocycles. The lowest BCUT2D eigenvalue weighted by molar-refractivity contribution is 0.186. The predicted octanol–water partition coefficient (Wildman–Crippen LogP) is 3.12. The van der Waals surface area contributed by atoms with Crippen LogP contribution in [0.4, 0.5) is 5.69 Å². The summed E-state index contributed by atoms with van der Waals surface area (Å²) in [4.78, 5) is 13.1. The van der Waals surface area contributed by atoms with Crippen LogP contribution in [0.2, 0.25) is 0 Å². The molecule has 4 nitrogen and oxygen atoms in total. The summed E-state index contributed by atoms with van der Waals surface area (Å²) in [7, 11) is 1.64. The molecule has 1 unspecified atom stereocenters. The van der Waals surface area contributed by atoms with Crippen LogP contribution < -0.4 is 10.9 Å². The van der Waals surface area contributed by atoms with Crippen molar-refractivity contribution >= 4 is 17.0 Å². The van der Waals surface area contributed by atoms with Crippen LogP contribution in [0.15, 0.2) is 40.6 Å². The molecule has 20 heavy (non-hydrogen) atoms. The first kappa shape index (κ1) is 14.8. The summed E-state index contributed by atoms with van der Waals surface area (Å²) >= 11 is 1.75. The van der Waals surface area contributed by atoms with Crippen molar-refractivity contribution in [2.45, 2.75) is 25.9 Å². The highest BCUT2D eigenvalue weighted by Crippen LogP contribution is 2.25. The first-order valence-electron chi connectivity index (χ1n) is 6.74. The van der Waals surface area contributed by atoms with Crippen molar-refractivity contribution in [3.63, 3.8) is 0 Å². The van der Waals surface area contributed by atoms with E-state index in [0.717, 1.165) is 12.1 Å². The van der Waals surface area contributed by atoms with E-state index in [-0.39, 0.29) is 11.6 Å². The smallest absolute Gasteiger partial charge is 0.250 e. The monoisotopic (exact) mass is 292 g/mol. The molecule has 0 aliphatic carbocycles. The van der Waals surface area contributed by atoms with Crippen molar-refractivity contribution in [2.75, 3.05) is 19.0 Å². The zero-order valence-electron chi connectivity index (χ0n) is 11.8. The summed E-state index contributed by atoms with van der Waals surface area (Å²) in [5.74, 6) is 0. The van der Waals surface area contributed by atoms with Crippen LogP contribution in [-0.2, 0) is 11.3 Å². The van der Waals surface area contributed by atoms with Crippen LogP contribution in [0.1, 0.15) is 24.3 Å². The number of methoxy groups -OCH3 is 1. The van der Waals surface area contributed by atoms with Crippen LogP contribution in [-0.4, -0.2) is 18.3 Å². The zero-order valence-corrected chi connectivity index (χ0v) is 12.7. The molecule has 1 atom stereocenters. The molecule has 0 amide bonds. The summed E-state index contributed by atoms with van der Waals surface area (Å²) in [6.45, 7) is 3.25. The van der Waals surface area contributed by atoms with E-state index in [9.17, 15) is 4.79 Å².